The number of hydrogen-bond acceptors (Lipinski definition) is 4. The molecule has 2 N–H and O–H groups in total. The van der Waals surface area contributed by atoms with E-state index in [0.717, 1.165) is 30.0 Å². The summed E-state index contributed by atoms with van der Waals surface area (Å²) in [5.74, 6) is 0.936. The highest BCUT2D eigenvalue weighted by Gasteiger charge is 2.31. The van der Waals surface area contributed by atoms with Gasteiger partial charge in [0.1, 0.15) is 5.01 Å². The summed E-state index contributed by atoms with van der Waals surface area (Å²) in [6, 6.07) is 1.45. The maximum atomic E-state index is 4.72. The lowest BCUT2D eigenvalue weighted by atomic mass is 10.1. The van der Waals surface area contributed by atoms with Gasteiger partial charge >= 0.3 is 0 Å². The minimum Gasteiger partial charge on any atom is -0.357 e. The Labute approximate surface area is 166 Å². The molecular weight excluding hydrogens is 433 g/mol. The maximum absolute atomic E-state index is 4.72. The molecule has 2 fully saturated rings. The van der Waals surface area contributed by atoms with Crippen LogP contribution in [-0.4, -0.2) is 47.6 Å². The number of piperidine rings is 1. The van der Waals surface area contributed by atoms with E-state index in [1.807, 2.05) is 6.20 Å². The highest BCUT2D eigenvalue weighted by Crippen LogP contribution is 2.29. The summed E-state index contributed by atoms with van der Waals surface area (Å²) in [7, 11) is 0. The highest BCUT2D eigenvalue weighted by molar-refractivity contribution is 14.0. The van der Waals surface area contributed by atoms with Gasteiger partial charge in [0.2, 0.25) is 0 Å². The van der Waals surface area contributed by atoms with Crippen LogP contribution in [0, 0.1) is 0 Å². The molecule has 0 atom stereocenters. The van der Waals surface area contributed by atoms with Gasteiger partial charge in [-0.15, -0.1) is 35.3 Å². The summed E-state index contributed by atoms with van der Waals surface area (Å²) in [5, 5.41) is 8.09. The summed E-state index contributed by atoms with van der Waals surface area (Å²) in [5.41, 5.74) is 0. The van der Waals surface area contributed by atoms with Crippen molar-refractivity contribution in [2.45, 2.75) is 64.6 Å². The smallest absolute Gasteiger partial charge is 0.191 e. The van der Waals surface area contributed by atoms with Crippen molar-refractivity contribution in [2.24, 2.45) is 4.99 Å². The number of aromatic nitrogens is 1. The highest BCUT2D eigenvalue weighted by atomic mass is 127. The van der Waals surface area contributed by atoms with Crippen molar-refractivity contribution in [1.82, 2.24) is 20.5 Å². The average molecular weight is 463 g/mol. The number of thiazole rings is 1. The number of nitrogens with zero attached hydrogens (tertiary/aromatic N) is 3. The normalized spacial score (nSPS) is 19.8. The Hall–Kier alpha value is -0.410. The van der Waals surface area contributed by atoms with Crippen molar-refractivity contribution in [3.8, 4) is 0 Å². The van der Waals surface area contributed by atoms with Gasteiger partial charge < -0.3 is 15.5 Å². The van der Waals surface area contributed by atoms with Gasteiger partial charge in [-0.25, -0.2) is 9.98 Å². The third-order valence-corrected chi connectivity index (χ3v) is 5.73. The van der Waals surface area contributed by atoms with Gasteiger partial charge in [-0.2, -0.15) is 0 Å². The Morgan fingerprint density at radius 3 is 2.62 bits per heavy atom. The first-order chi connectivity index (χ1) is 11.3. The number of aryl methyl sites for hydroxylation is 1. The van der Waals surface area contributed by atoms with Crippen LogP contribution in [-0.2, 0) is 13.0 Å². The molecule has 1 aliphatic carbocycles. The molecule has 1 aromatic heterocycles. The molecule has 1 saturated carbocycles. The van der Waals surface area contributed by atoms with Crippen LogP contribution >= 0.6 is 35.3 Å². The molecular formula is C17H30IN5S. The second-order valence-electron chi connectivity index (χ2n) is 6.45. The molecule has 0 radical (unpaired) electrons. The Kier molecular flexibility index (Phi) is 8.22. The van der Waals surface area contributed by atoms with Gasteiger partial charge in [-0.1, -0.05) is 6.92 Å². The van der Waals surface area contributed by atoms with Gasteiger partial charge in [0.15, 0.2) is 5.96 Å². The number of nitrogens with one attached hydrogen (secondary N) is 2. The van der Waals surface area contributed by atoms with Crippen LogP contribution in [0.3, 0.4) is 0 Å². The zero-order valence-corrected chi connectivity index (χ0v) is 17.9. The number of guanidine groups is 1. The molecule has 2 aliphatic rings. The molecule has 5 nitrogen and oxygen atoms in total. The van der Waals surface area contributed by atoms with Crippen molar-refractivity contribution >= 4 is 41.3 Å². The molecule has 3 rings (SSSR count). The third kappa shape index (κ3) is 5.84. The zero-order valence-electron chi connectivity index (χ0n) is 14.8. The lowest BCUT2D eigenvalue weighted by molar-refractivity contribution is 0.197. The van der Waals surface area contributed by atoms with Crippen molar-refractivity contribution in [1.29, 1.82) is 0 Å². The van der Waals surface area contributed by atoms with Crippen LogP contribution in [0.5, 0.6) is 0 Å². The van der Waals surface area contributed by atoms with Crippen LogP contribution < -0.4 is 10.6 Å². The van der Waals surface area contributed by atoms with E-state index in [4.69, 9.17) is 4.99 Å². The van der Waals surface area contributed by atoms with Crippen molar-refractivity contribution in [3.63, 3.8) is 0 Å². The fourth-order valence-electron chi connectivity index (χ4n) is 3.09. The summed E-state index contributed by atoms with van der Waals surface area (Å²) in [6.45, 7) is 8.31. The average Bonchev–Trinajstić information content (AvgIpc) is 3.32. The minimum absolute atomic E-state index is 0. The van der Waals surface area contributed by atoms with Gasteiger partial charge in [0, 0.05) is 42.8 Å². The molecule has 0 unspecified atom stereocenters. The molecule has 24 heavy (non-hydrogen) atoms. The second-order valence-corrected chi connectivity index (χ2v) is 7.65. The lowest BCUT2D eigenvalue weighted by Gasteiger charge is -2.33. The molecule has 0 bridgehead atoms. The maximum Gasteiger partial charge on any atom is 0.191 e. The monoisotopic (exact) mass is 463 g/mol. The number of likely N-dealkylation sites (tertiary alicyclic amines) is 1. The standard InChI is InChI=1S/C17H29N5S.HI/c1-3-15-11-19-16(23-15)12-20-17(18-4-2)21-13-7-9-22(10-8-13)14-5-6-14;/h11,13-14H,3-10,12H2,1-2H3,(H2,18,20,21);1H. The van der Waals surface area contributed by atoms with E-state index < -0.39 is 0 Å². The van der Waals surface area contributed by atoms with E-state index in [2.05, 4.69) is 34.4 Å². The van der Waals surface area contributed by atoms with Crippen LogP contribution in [0.1, 0.15) is 49.4 Å². The van der Waals surface area contributed by atoms with Crippen LogP contribution in [0.2, 0.25) is 0 Å². The van der Waals surface area contributed by atoms with Gasteiger partial charge in [0.25, 0.3) is 0 Å². The zero-order chi connectivity index (χ0) is 16.1. The van der Waals surface area contributed by atoms with Crippen molar-refractivity contribution < 1.29 is 0 Å². The number of halogens is 1. The number of aliphatic imine (C=N–C) groups is 1. The minimum atomic E-state index is 0. The molecule has 136 valence electrons. The Morgan fingerprint density at radius 1 is 1.29 bits per heavy atom. The number of rotatable bonds is 6. The summed E-state index contributed by atoms with van der Waals surface area (Å²) in [6.07, 6.45) is 8.30. The van der Waals surface area contributed by atoms with Crippen LogP contribution in [0.15, 0.2) is 11.2 Å². The predicted octanol–water partition coefficient (Wildman–Crippen LogP) is 3.01. The van der Waals surface area contributed by atoms with Gasteiger partial charge in [-0.3, -0.25) is 0 Å². The predicted molar refractivity (Wildman–Crippen MR) is 112 cm³/mol. The van der Waals surface area contributed by atoms with Crippen LogP contribution in [0.25, 0.3) is 0 Å². The van der Waals surface area contributed by atoms with E-state index >= 15 is 0 Å². The first-order valence-electron chi connectivity index (χ1n) is 9.01. The SMILES string of the molecule is CCNC(=NCc1ncc(CC)s1)NC1CCN(C2CC2)CC1.I. The summed E-state index contributed by atoms with van der Waals surface area (Å²) >= 11 is 1.77. The molecule has 2 heterocycles. The molecule has 0 amide bonds. The van der Waals surface area contributed by atoms with E-state index in [1.54, 1.807) is 11.3 Å². The Balaban J connectivity index is 0.00000208. The topological polar surface area (TPSA) is 52.6 Å². The first kappa shape index (κ1) is 19.9. The van der Waals surface area contributed by atoms with Crippen molar-refractivity contribution in [3.05, 3.63) is 16.1 Å². The van der Waals surface area contributed by atoms with Gasteiger partial charge in [0.05, 0.1) is 6.54 Å². The Bertz CT molecular complexity index is 521. The van der Waals surface area contributed by atoms with Crippen molar-refractivity contribution in [2.75, 3.05) is 19.6 Å². The molecule has 7 heteroatoms. The molecule has 1 saturated heterocycles. The summed E-state index contributed by atoms with van der Waals surface area (Å²) in [4.78, 5) is 13.2. The molecule has 0 aromatic carbocycles. The lowest BCUT2D eigenvalue weighted by Crippen LogP contribution is -2.49. The Morgan fingerprint density at radius 2 is 2.04 bits per heavy atom. The van der Waals surface area contributed by atoms with Gasteiger partial charge in [-0.05, 0) is 39.0 Å². The molecule has 1 aromatic rings. The molecule has 0 spiro atoms. The fraction of sp³-hybridized carbons (Fsp3) is 0.765. The van der Waals surface area contributed by atoms with E-state index in [9.17, 15) is 0 Å². The van der Waals surface area contributed by atoms with Crippen LogP contribution in [0.4, 0.5) is 0 Å². The largest absolute Gasteiger partial charge is 0.357 e. The second kappa shape index (κ2) is 9.91. The molecule has 1 aliphatic heterocycles. The first-order valence-corrected chi connectivity index (χ1v) is 9.82. The van der Waals surface area contributed by atoms with E-state index in [0.29, 0.717) is 12.6 Å². The fourth-order valence-corrected chi connectivity index (χ4v) is 3.88. The quantitative estimate of drug-likeness (QED) is 0.387. The van der Waals surface area contributed by atoms with E-state index in [1.165, 1.54) is 43.6 Å². The summed E-state index contributed by atoms with van der Waals surface area (Å²) < 4.78 is 0. The third-order valence-electron chi connectivity index (χ3n) is 4.60. The van der Waals surface area contributed by atoms with E-state index in [-0.39, 0.29) is 24.0 Å². The number of hydrogen-bond donors (Lipinski definition) is 2.